The predicted molar refractivity (Wildman–Crippen MR) is 44.2 cm³/mol. The van der Waals surface area contributed by atoms with Crippen LogP contribution in [0, 0.1) is 13.8 Å². The minimum atomic E-state index is 0.690. The fourth-order valence-corrected chi connectivity index (χ4v) is 1.000. The minimum Gasteiger partial charge on any atom is -0.242 e. The molecule has 2 aromatic rings. The van der Waals surface area contributed by atoms with Gasteiger partial charge in [0.2, 0.25) is 0 Å². The Balaban J connectivity index is 2.53. The van der Waals surface area contributed by atoms with Gasteiger partial charge in [0.25, 0.3) is 0 Å². The molecule has 0 aliphatic heterocycles. The van der Waals surface area contributed by atoms with Gasteiger partial charge in [0.15, 0.2) is 11.6 Å². The van der Waals surface area contributed by atoms with Crippen LogP contribution < -0.4 is 0 Å². The first-order valence-electron chi connectivity index (χ1n) is 3.81. The van der Waals surface area contributed by atoms with Gasteiger partial charge < -0.3 is 0 Å². The molecule has 2 aromatic heterocycles. The molecule has 6 heteroatoms. The third-order valence-corrected chi connectivity index (χ3v) is 1.63. The molecule has 0 fully saturated rings. The molecule has 6 nitrogen and oxygen atoms in total. The van der Waals surface area contributed by atoms with Gasteiger partial charge in [-0.1, -0.05) is 0 Å². The van der Waals surface area contributed by atoms with Gasteiger partial charge in [-0.2, -0.15) is 4.68 Å². The molecule has 0 spiro atoms. The number of tetrazole rings is 1. The molecule has 0 amide bonds. The van der Waals surface area contributed by atoms with Crippen LogP contribution in [0.4, 0.5) is 0 Å². The second-order valence-electron chi connectivity index (χ2n) is 2.66. The Morgan fingerprint density at radius 1 is 1.23 bits per heavy atom. The number of aryl methyl sites for hydroxylation is 2. The van der Waals surface area contributed by atoms with Gasteiger partial charge in [0.1, 0.15) is 6.33 Å². The Bertz CT molecular complexity index is 420. The Morgan fingerprint density at radius 3 is 2.69 bits per heavy atom. The second kappa shape index (κ2) is 2.89. The molecule has 13 heavy (non-hydrogen) atoms. The second-order valence-corrected chi connectivity index (χ2v) is 2.66. The summed E-state index contributed by atoms with van der Waals surface area (Å²) in [7, 11) is 0. The van der Waals surface area contributed by atoms with Gasteiger partial charge >= 0.3 is 0 Å². The zero-order chi connectivity index (χ0) is 9.26. The van der Waals surface area contributed by atoms with Crippen molar-refractivity contribution in [2.75, 3.05) is 0 Å². The van der Waals surface area contributed by atoms with Crippen LogP contribution in [0.2, 0.25) is 0 Å². The van der Waals surface area contributed by atoms with E-state index in [9.17, 15) is 0 Å². The van der Waals surface area contributed by atoms with Crippen molar-refractivity contribution < 1.29 is 0 Å². The standard InChI is InChI=1S/C7H8N6/c1-5-3-7(9-4-8-5)13-6(2)10-11-12-13/h3-4H,1-2H3. The van der Waals surface area contributed by atoms with Crippen LogP contribution >= 0.6 is 0 Å². The molecule has 0 saturated carbocycles. The maximum absolute atomic E-state index is 4.05. The smallest absolute Gasteiger partial charge is 0.160 e. The van der Waals surface area contributed by atoms with E-state index in [1.165, 1.54) is 6.33 Å². The Morgan fingerprint density at radius 2 is 2.08 bits per heavy atom. The molecule has 0 aliphatic rings. The summed E-state index contributed by atoms with van der Waals surface area (Å²) in [4.78, 5) is 8.04. The fourth-order valence-electron chi connectivity index (χ4n) is 1.000. The normalized spacial score (nSPS) is 10.3. The summed E-state index contributed by atoms with van der Waals surface area (Å²) in [5.74, 6) is 1.40. The highest BCUT2D eigenvalue weighted by molar-refractivity contribution is 5.21. The number of hydrogen-bond acceptors (Lipinski definition) is 5. The minimum absolute atomic E-state index is 0.690. The first kappa shape index (κ1) is 7.78. The third kappa shape index (κ3) is 1.37. The monoisotopic (exact) mass is 176 g/mol. The van der Waals surface area contributed by atoms with Crippen LogP contribution in [0.1, 0.15) is 11.5 Å². The summed E-state index contributed by atoms with van der Waals surface area (Å²) < 4.78 is 1.56. The van der Waals surface area contributed by atoms with E-state index in [1.807, 2.05) is 19.9 Å². The predicted octanol–water partition coefficient (Wildman–Crippen LogP) is 0.0691. The molecule has 0 bridgehead atoms. The Hall–Kier alpha value is -1.85. The van der Waals surface area contributed by atoms with Gasteiger partial charge in [-0.25, -0.2) is 9.97 Å². The van der Waals surface area contributed by atoms with Crippen molar-refractivity contribution >= 4 is 0 Å². The number of aromatic nitrogens is 6. The van der Waals surface area contributed by atoms with Gasteiger partial charge in [0, 0.05) is 11.8 Å². The van der Waals surface area contributed by atoms with Crippen molar-refractivity contribution in [2.24, 2.45) is 0 Å². The fraction of sp³-hybridized carbons (Fsp3) is 0.286. The quantitative estimate of drug-likeness (QED) is 0.615. The number of rotatable bonds is 1. The summed E-state index contributed by atoms with van der Waals surface area (Å²) in [6.45, 7) is 3.71. The van der Waals surface area contributed by atoms with E-state index in [2.05, 4.69) is 25.5 Å². The topological polar surface area (TPSA) is 69.4 Å². The summed E-state index contributed by atoms with van der Waals surface area (Å²) in [5.41, 5.74) is 0.889. The molecule has 0 aliphatic carbocycles. The van der Waals surface area contributed by atoms with Crippen molar-refractivity contribution in [3.8, 4) is 5.82 Å². The van der Waals surface area contributed by atoms with Crippen LogP contribution in [0.25, 0.3) is 5.82 Å². The highest BCUT2D eigenvalue weighted by Gasteiger charge is 2.03. The van der Waals surface area contributed by atoms with Gasteiger partial charge in [-0.3, -0.25) is 0 Å². The van der Waals surface area contributed by atoms with Crippen LogP contribution in [0.3, 0.4) is 0 Å². The molecular weight excluding hydrogens is 168 g/mol. The lowest BCUT2D eigenvalue weighted by atomic mass is 10.4. The molecule has 0 unspecified atom stereocenters. The number of nitrogens with zero attached hydrogens (tertiary/aromatic N) is 6. The average molecular weight is 176 g/mol. The first-order chi connectivity index (χ1) is 6.27. The lowest BCUT2D eigenvalue weighted by molar-refractivity contribution is 0.755. The van der Waals surface area contributed by atoms with E-state index in [0.29, 0.717) is 11.6 Å². The zero-order valence-electron chi connectivity index (χ0n) is 7.34. The van der Waals surface area contributed by atoms with Crippen LogP contribution in [0.5, 0.6) is 0 Å². The summed E-state index contributed by atoms with van der Waals surface area (Å²) in [5, 5.41) is 11.1. The van der Waals surface area contributed by atoms with Crippen LogP contribution in [-0.4, -0.2) is 30.2 Å². The molecule has 66 valence electrons. The molecule has 0 saturated heterocycles. The van der Waals surface area contributed by atoms with Gasteiger partial charge in [-0.15, -0.1) is 5.10 Å². The van der Waals surface area contributed by atoms with E-state index < -0.39 is 0 Å². The lowest BCUT2D eigenvalue weighted by Crippen LogP contribution is -2.03. The zero-order valence-corrected chi connectivity index (χ0v) is 7.34. The SMILES string of the molecule is Cc1cc(-n2nnnc2C)ncn1. The van der Waals surface area contributed by atoms with Crippen molar-refractivity contribution in [2.45, 2.75) is 13.8 Å². The van der Waals surface area contributed by atoms with Gasteiger partial charge in [0.05, 0.1) is 0 Å². The maximum atomic E-state index is 4.05. The summed E-state index contributed by atoms with van der Waals surface area (Å²) in [6.07, 6.45) is 1.49. The molecule has 0 aromatic carbocycles. The third-order valence-electron chi connectivity index (χ3n) is 1.63. The van der Waals surface area contributed by atoms with Crippen LogP contribution in [-0.2, 0) is 0 Å². The van der Waals surface area contributed by atoms with E-state index in [0.717, 1.165) is 5.69 Å². The maximum Gasteiger partial charge on any atom is 0.160 e. The lowest BCUT2D eigenvalue weighted by Gasteiger charge is -1.99. The highest BCUT2D eigenvalue weighted by atomic mass is 15.5. The van der Waals surface area contributed by atoms with Crippen LogP contribution in [0.15, 0.2) is 12.4 Å². The van der Waals surface area contributed by atoms with E-state index in [-0.39, 0.29) is 0 Å². The first-order valence-corrected chi connectivity index (χ1v) is 3.81. The van der Waals surface area contributed by atoms with Gasteiger partial charge in [-0.05, 0) is 24.3 Å². The van der Waals surface area contributed by atoms with E-state index in [1.54, 1.807) is 4.68 Å². The number of hydrogen-bond donors (Lipinski definition) is 0. The Labute approximate surface area is 74.6 Å². The van der Waals surface area contributed by atoms with E-state index in [4.69, 9.17) is 0 Å². The molecule has 0 radical (unpaired) electrons. The Kier molecular flexibility index (Phi) is 1.73. The van der Waals surface area contributed by atoms with Crippen molar-refractivity contribution in [1.82, 2.24) is 30.2 Å². The summed E-state index contributed by atoms with van der Waals surface area (Å²) >= 11 is 0. The van der Waals surface area contributed by atoms with E-state index >= 15 is 0 Å². The molecule has 0 atom stereocenters. The highest BCUT2D eigenvalue weighted by Crippen LogP contribution is 2.03. The molecule has 2 heterocycles. The van der Waals surface area contributed by atoms with Crippen molar-refractivity contribution in [3.63, 3.8) is 0 Å². The molecule has 2 rings (SSSR count). The summed E-state index contributed by atoms with van der Waals surface area (Å²) in [6, 6.07) is 1.82. The molecular formula is C7H8N6. The largest absolute Gasteiger partial charge is 0.242 e. The van der Waals surface area contributed by atoms with Crippen molar-refractivity contribution in [1.29, 1.82) is 0 Å². The average Bonchev–Trinajstić information content (AvgIpc) is 2.51. The van der Waals surface area contributed by atoms with Crippen molar-refractivity contribution in [3.05, 3.63) is 23.9 Å². The molecule has 0 N–H and O–H groups in total.